The van der Waals surface area contributed by atoms with Crippen LogP contribution < -0.4 is 5.73 Å². The number of hydrogen-bond acceptors (Lipinski definition) is 3. The number of nitrogens with zero attached hydrogens (tertiary/aromatic N) is 2. The summed E-state index contributed by atoms with van der Waals surface area (Å²) < 4.78 is 0. The summed E-state index contributed by atoms with van der Waals surface area (Å²) in [5.74, 6) is 0.343. The maximum atomic E-state index is 12.1. The van der Waals surface area contributed by atoms with Gasteiger partial charge in [0.1, 0.15) is 0 Å². The van der Waals surface area contributed by atoms with E-state index in [2.05, 4.69) is 23.6 Å². The summed E-state index contributed by atoms with van der Waals surface area (Å²) >= 11 is 0. The third-order valence-corrected chi connectivity index (χ3v) is 4.11. The first-order chi connectivity index (χ1) is 9.22. The molecule has 1 amide bonds. The van der Waals surface area contributed by atoms with Crippen molar-refractivity contribution in [2.45, 2.75) is 58.4 Å². The first-order valence-electron chi connectivity index (χ1n) is 7.94. The lowest BCUT2D eigenvalue weighted by Crippen LogP contribution is -2.40. The van der Waals surface area contributed by atoms with Gasteiger partial charge in [-0.2, -0.15) is 0 Å². The Balaban J connectivity index is 2.43. The van der Waals surface area contributed by atoms with Crippen LogP contribution in [-0.4, -0.2) is 54.5 Å². The fourth-order valence-electron chi connectivity index (χ4n) is 2.88. The molecule has 2 N–H and O–H groups in total. The second-order valence-corrected chi connectivity index (χ2v) is 5.51. The van der Waals surface area contributed by atoms with Crippen LogP contribution in [0.2, 0.25) is 0 Å². The summed E-state index contributed by atoms with van der Waals surface area (Å²) in [4.78, 5) is 16.7. The molecule has 1 aliphatic rings. The minimum absolute atomic E-state index is 0.343. The van der Waals surface area contributed by atoms with E-state index in [4.69, 9.17) is 5.73 Å². The van der Waals surface area contributed by atoms with Crippen LogP contribution in [0.5, 0.6) is 0 Å². The summed E-state index contributed by atoms with van der Waals surface area (Å²) in [5, 5.41) is 0. The van der Waals surface area contributed by atoms with E-state index in [1.54, 1.807) is 0 Å². The molecule has 1 fully saturated rings. The highest BCUT2D eigenvalue weighted by molar-refractivity contribution is 5.76. The van der Waals surface area contributed by atoms with Gasteiger partial charge in [-0.05, 0) is 32.2 Å². The molecule has 0 aliphatic carbocycles. The monoisotopic (exact) mass is 269 g/mol. The first-order valence-corrected chi connectivity index (χ1v) is 7.94. The predicted octanol–water partition coefficient (Wildman–Crippen LogP) is 1.84. The number of carbonyl (C=O) groups excluding carboxylic acids is 1. The Kier molecular flexibility index (Phi) is 8.07. The summed E-state index contributed by atoms with van der Waals surface area (Å²) in [5.41, 5.74) is 5.69. The van der Waals surface area contributed by atoms with Gasteiger partial charge in [0.15, 0.2) is 0 Å². The smallest absolute Gasteiger partial charge is 0.222 e. The molecule has 0 aromatic rings. The van der Waals surface area contributed by atoms with Gasteiger partial charge in [0.25, 0.3) is 0 Å². The van der Waals surface area contributed by atoms with Gasteiger partial charge < -0.3 is 10.6 Å². The van der Waals surface area contributed by atoms with Crippen LogP contribution in [-0.2, 0) is 4.79 Å². The standard InChI is InChI=1S/C15H31N3O/c1-3-5-7-15(19)18-11-6-10-17(12-13-18)14(4-2)8-9-16/h14H,3-13,16H2,1-2H3. The van der Waals surface area contributed by atoms with Crippen molar-refractivity contribution in [3.8, 4) is 0 Å². The van der Waals surface area contributed by atoms with E-state index in [0.717, 1.165) is 71.2 Å². The highest BCUT2D eigenvalue weighted by atomic mass is 16.2. The molecule has 0 aromatic heterocycles. The zero-order valence-corrected chi connectivity index (χ0v) is 12.7. The van der Waals surface area contributed by atoms with Crippen molar-refractivity contribution in [2.24, 2.45) is 5.73 Å². The molecule has 0 aromatic carbocycles. The number of amides is 1. The summed E-state index contributed by atoms with van der Waals surface area (Å²) in [6.45, 7) is 9.06. The first kappa shape index (κ1) is 16.4. The molecule has 1 aliphatic heterocycles. The fourth-order valence-corrected chi connectivity index (χ4v) is 2.88. The maximum absolute atomic E-state index is 12.1. The summed E-state index contributed by atoms with van der Waals surface area (Å²) in [6.07, 6.45) is 6.15. The van der Waals surface area contributed by atoms with E-state index in [9.17, 15) is 4.79 Å². The van der Waals surface area contributed by atoms with Crippen LogP contribution in [0.4, 0.5) is 0 Å². The van der Waals surface area contributed by atoms with Gasteiger partial charge in [0, 0.05) is 38.6 Å². The van der Waals surface area contributed by atoms with Crippen LogP contribution in [0.1, 0.15) is 52.4 Å². The Hall–Kier alpha value is -0.610. The molecule has 1 heterocycles. The molecule has 0 bridgehead atoms. The molecule has 1 unspecified atom stereocenters. The van der Waals surface area contributed by atoms with Gasteiger partial charge >= 0.3 is 0 Å². The average molecular weight is 269 g/mol. The normalized spacial score (nSPS) is 19.2. The van der Waals surface area contributed by atoms with Gasteiger partial charge in [-0.15, -0.1) is 0 Å². The third-order valence-electron chi connectivity index (χ3n) is 4.11. The van der Waals surface area contributed by atoms with E-state index in [1.165, 1.54) is 0 Å². The number of unbranched alkanes of at least 4 members (excludes halogenated alkanes) is 1. The van der Waals surface area contributed by atoms with E-state index in [0.29, 0.717) is 11.9 Å². The molecule has 1 rings (SSSR count). The Labute approximate surface area is 118 Å². The number of rotatable bonds is 7. The van der Waals surface area contributed by atoms with Crippen LogP contribution in [0, 0.1) is 0 Å². The van der Waals surface area contributed by atoms with Crippen LogP contribution >= 0.6 is 0 Å². The Morgan fingerprint density at radius 1 is 1.21 bits per heavy atom. The molecule has 4 nitrogen and oxygen atoms in total. The van der Waals surface area contributed by atoms with Crippen LogP contribution in [0.3, 0.4) is 0 Å². The van der Waals surface area contributed by atoms with Gasteiger partial charge in [0.05, 0.1) is 0 Å². The predicted molar refractivity (Wildman–Crippen MR) is 80.0 cm³/mol. The molecule has 0 radical (unpaired) electrons. The quantitative estimate of drug-likeness (QED) is 0.767. The Morgan fingerprint density at radius 2 is 2.00 bits per heavy atom. The molecule has 1 atom stereocenters. The van der Waals surface area contributed by atoms with Gasteiger partial charge in [0.2, 0.25) is 5.91 Å². The molecule has 4 heteroatoms. The SMILES string of the molecule is CCCCC(=O)N1CCCN(C(CC)CCN)CC1. The zero-order chi connectivity index (χ0) is 14.1. The Bertz CT molecular complexity index is 258. The lowest BCUT2D eigenvalue weighted by atomic mass is 10.1. The molecule has 112 valence electrons. The Morgan fingerprint density at radius 3 is 2.63 bits per heavy atom. The minimum Gasteiger partial charge on any atom is -0.341 e. The number of nitrogens with two attached hydrogens (primary N) is 1. The van der Waals surface area contributed by atoms with Crippen molar-refractivity contribution in [2.75, 3.05) is 32.7 Å². The van der Waals surface area contributed by atoms with Crippen LogP contribution in [0.25, 0.3) is 0 Å². The molecule has 0 saturated carbocycles. The summed E-state index contributed by atoms with van der Waals surface area (Å²) in [7, 11) is 0. The lowest BCUT2D eigenvalue weighted by Gasteiger charge is -2.29. The number of hydrogen-bond donors (Lipinski definition) is 1. The van der Waals surface area contributed by atoms with Gasteiger partial charge in [-0.3, -0.25) is 9.69 Å². The molecular formula is C15H31N3O. The second-order valence-electron chi connectivity index (χ2n) is 5.51. The van der Waals surface area contributed by atoms with Crippen molar-refractivity contribution >= 4 is 5.91 Å². The van der Waals surface area contributed by atoms with Crippen molar-refractivity contribution < 1.29 is 4.79 Å². The lowest BCUT2D eigenvalue weighted by molar-refractivity contribution is -0.131. The molecule has 1 saturated heterocycles. The molecule has 19 heavy (non-hydrogen) atoms. The van der Waals surface area contributed by atoms with Gasteiger partial charge in [-0.1, -0.05) is 20.3 Å². The highest BCUT2D eigenvalue weighted by Gasteiger charge is 2.22. The largest absolute Gasteiger partial charge is 0.341 e. The van der Waals surface area contributed by atoms with Crippen LogP contribution in [0.15, 0.2) is 0 Å². The maximum Gasteiger partial charge on any atom is 0.222 e. The van der Waals surface area contributed by atoms with Crippen molar-refractivity contribution in [3.63, 3.8) is 0 Å². The number of carbonyl (C=O) groups is 1. The second kappa shape index (κ2) is 9.32. The van der Waals surface area contributed by atoms with Crippen molar-refractivity contribution in [1.29, 1.82) is 0 Å². The van der Waals surface area contributed by atoms with E-state index in [1.807, 2.05) is 0 Å². The minimum atomic E-state index is 0.343. The zero-order valence-electron chi connectivity index (χ0n) is 12.7. The van der Waals surface area contributed by atoms with E-state index >= 15 is 0 Å². The van der Waals surface area contributed by atoms with E-state index in [-0.39, 0.29) is 0 Å². The molecule has 0 spiro atoms. The van der Waals surface area contributed by atoms with Gasteiger partial charge in [-0.25, -0.2) is 0 Å². The topological polar surface area (TPSA) is 49.6 Å². The molecular weight excluding hydrogens is 238 g/mol. The fraction of sp³-hybridized carbons (Fsp3) is 0.933. The van der Waals surface area contributed by atoms with Crippen molar-refractivity contribution in [3.05, 3.63) is 0 Å². The highest BCUT2D eigenvalue weighted by Crippen LogP contribution is 2.13. The van der Waals surface area contributed by atoms with E-state index < -0.39 is 0 Å². The summed E-state index contributed by atoms with van der Waals surface area (Å²) in [6, 6.07) is 0.593. The third kappa shape index (κ3) is 5.49. The average Bonchev–Trinajstić information content (AvgIpc) is 2.68. The van der Waals surface area contributed by atoms with Crippen molar-refractivity contribution in [1.82, 2.24) is 9.80 Å².